The Kier molecular flexibility index (Phi) is 6.44. The molecule has 1 aliphatic heterocycles. The first kappa shape index (κ1) is 22.7. The van der Waals surface area contributed by atoms with Crippen molar-refractivity contribution < 1.29 is 4.79 Å². The first-order chi connectivity index (χ1) is 16.5. The van der Waals surface area contributed by atoms with Crippen LogP contribution in [0.15, 0.2) is 72.9 Å². The number of fused-ring (bicyclic) bond motifs is 2. The predicted octanol–water partition coefficient (Wildman–Crippen LogP) is 6.37. The van der Waals surface area contributed by atoms with E-state index in [1.165, 1.54) is 11.1 Å². The average Bonchev–Trinajstić information content (AvgIpc) is 3.28. The number of benzene rings is 3. The van der Waals surface area contributed by atoms with Gasteiger partial charge in [0.25, 0.3) is 0 Å². The van der Waals surface area contributed by atoms with Crippen LogP contribution >= 0.6 is 11.6 Å². The highest BCUT2D eigenvalue weighted by Gasteiger charge is 2.33. The third-order valence-corrected chi connectivity index (χ3v) is 7.34. The number of amides is 1. The smallest absolute Gasteiger partial charge is 0.244 e. The maximum Gasteiger partial charge on any atom is 0.244 e. The minimum atomic E-state index is -0.400. The molecule has 5 heteroatoms. The zero-order valence-corrected chi connectivity index (χ0v) is 20.4. The number of carbonyl (C=O) groups is 1. The van der Waals surface area contributed by atoms with Crippen LogP contribution in [0.3, 0.4) is 0 Å². The summed E-state index contributed by atoms with van der Waals surface area (Å²) in [6.07, 6.45) is 4.03. The van der Waals surface area contributed by atoms with Crippen LogP contribution in [0.1, 0.15) is 41.5 Å². The number of nitrogens with one attached hydrogen (secondary N) is 2. The average molecular weight is 472 g/mol. The molecule has 2 N–H and O–H groups in total. The van der Waals surface area contributed by atoms with Crippen molar-refractivity contribution in [3.05, 3.63) is 100 Å². The summed E-state index contributed by atoms with van der Waals surface area (Å²) in [6, 6.07) is 22.1. The topological polar surface area (TPSA) is 48.1 Å². The summed E-state index contributed by atoms with van der Waals surface area (Å²) in [5.41, 5.74) is 6.74. The molecule has 0 aliphatic carbocycles. The molecule has 174 valence electrons. The van der Waals surface area contributed by atoms with Crippen LogP contribution in [0.2, 0.25) is 5.02 Å². The highest BCUT2D eigenvalue weighted by molar-refractivity contribution is 6.31. The third-order valence-electron chi connectivity index (χ3n) is 6.97. The van der Waals surface area contributed by atoms with Crippen molar-refractivity contribution in [1.29, 1.82) is 0 Å². The first-order valence-corrected chi connectivity index (χ1v) is 12.3. The van der Waals surface area contributed by atoms with Gasteiger partial charge in [0, 0.05) is 46.8 Å². The van der Waals surface area contributed by atoms with E-state index >= 15 is 0 Å². The van der Waals surface area contributed by atoms with Gasteiger partial charge < -0.3 is 15.2 Å². The van der Waals surface area contributed by atoms with Crippen molar-refractivity contribution in [3.63, 3.8) is 0 Å². The minimum absolute atomic E-state index is 0.0398. The number of aryl methyl sites for hydroxylation is 2. The van der Waals surface area contributed by atoms with Crippen LogP contribution in [0, 0.1) is 6.92 Å². The van der Waals surface area contributed by atoms with Gasteiger partial charge in [-0.15, -0.1) is 0 Å². The van der Waals surface area contributed by atoms with Crippen LogP contribution in [-0.4, -0.2) is 23.5 Å². The lowest BCUT2D eigenvalue weighted by Gasteiger charge is -2.35. The molecule has 0 saturated heterocycles. The van der Waals surface area contributed by atoms with Gasteiger partial charge in [0.2, 0.25) is 5.91 Å². The van der Waals surface area contributed by atoms with E-state index in [1.807, 2.05) is 47.5 Å². The largest absolute Gasteiger partial charge is 0.361 e. The summed E-state index contributed by atoms with van der Waals surface area (Å²) in [7, 11) is 0. The number of aromatic amines is 1. The molecule has 4 aromatic rings. The normalized spacial score (nSPS) is 15.2. The number of rotatable bonds is 6. The monoisotopic (exact) mass is 471 g/mol. The number of halogens is 1. The highest BCUT2D eigenvalue weighted by atomic mass is 35.5. The molecule has 1 aliphatic rings. The summed E-state index contributed by atoms with van der Waals surface area (Å²) >= 11 is 6.43. The number of H-pyrrole nitrogens is 1. The van der Waals surface area contributed by atoms with Crippen LogP contribution < -0.4 is 10.2 Å². The summed E-state index contributed by atoms with van der Waals surface area (Å²) in [4.78, 5) is 19.5. The van der Waals surface area contributed by atoms with Gasteiger partial charge in [-0.3, -0.25) is 4.79 Å². The number of para-hydroxylation sites is 1. The Morgan fingerprint density at radius 2 is 1.91 bits per heavy atom. The van der Waals surface area contributed by atoms with E-state index in [0.29, 0.717) is 11.6 Å². The molecular weight excluding hydrogens is 442 g/mol. The van der Waals surface area contributed by atoms with Gasteiger partial charge in [-0.05, 0) is 54.7 Å². The molecule has 1 aromatic heterocycles. The van der Waals surface area contributed by atoms with E-state index in [2.05, 4.69) is 54.5 Å². The minimum Gasteiger partial charge on any atom is -0.361 e. The lowest BCUT2D eigenvalue weighted by molar-refractivity contribution is -0.121. The second kappa shape index (κ2) is 9.65. The number of carbonyl (C=O) groups excluding carboxylic acids is 1. The molecule has 0 fully saturated rings. The Morgan fingerprint density at radius 3 is 2.76 bits per heavy atom. The van der Waals surface area contributed by atoms with E-state index in [1.54, 1.807) is 0 Å². The van der Waals surface area contributed by atoms with Crippen molar-refractivity contribution in [2.45, 2.75) is 45.2 Å². The number of nitrogens with zero attached hydrogens (tertiary/aromatic N) is 1. The Morgan fingerprint density at radius 1 is 1.12 bits per heavy atom. The highest BCUT2D eigenvalue weighted by Crippen LogP contribution is 2.33. The zero-order valence-electron chi connectivity index (χ0n) is 19.6. The number of anilines is 1. The van der Waals surface area contributed by atoms with Crippen LogP contribution in [0.4, 0.5) is 5.69 Å². The van der Waals surface area contributed by atoms with Crippen molar-refractivity contribution in [1.82, 2.24) is 10.3 Å². The van der Waals surface area contributed by atoms with E-state index < -0.39 is 6.04 Å². The molecule has 3 aromatic carbocycles. The second-order valence-corrected chi connectivity index (χ2v) is 9.66. The maximum absolute atomic E-state index is 14.1. The standard InChI is InChI=1S/C29H30ClN3O/c1-19-13-14-27-21(16-19)9-7-15-33(27)29(34)28(32-17-22-8-3-5-11-25(22)30)20(2)24-18-31-26-12-6-4-10-23(24)26/h3-6,8,10-14,16,18,20,28,31-32H,7,9,15,17H2,1-2H3. The van der Waals surface area contributed by atoms with Crippen LogP contribution in [0.25, 0.3) is 10.9 Å². The fourth-order valence-electron chi connectivity index (χ4n) is 5.11. The summed E-state index contributed by atoms with van der Waals surface area (Å²) in [5.74, 6) is 0.0663. The van der Waals surface area contributed by atoms with E-state index in [-0.39, 0.29) is 11.8 Å². The molecule has 0 spiro atoms. The van der Waals surface area contributed by atoms with Gasteiger partial charge in [0.15, 0.2) is 0 Å². The maximum atomic E-state index is 14.1. The summed E-state index contributed by atoms with van der Waals surface area (Å²) < 4.78 is 0. The molecule has 0 saturated carbocycles. The van der Waals surface area contributed by atoms with E-state index in [0.717, 1.165) is 47.1 Å². The lowest BCUT2D eigenvalue weighted by atomic mass is 9.90. The van der Waals surface area contributed by atoms with Gasteiger partial charge >= 0.3 is 0 Å². The molecule has 5 rings (SSSR count). The second-order valence-electron chi connectivity index (χ2n) is 9.25. The molecule has 34 heavy (non-hydrogen) atoms. The van der Waals surface area contributed by atoms with Gasteiger partial charge in [-0.2, -0.15) is 0 Å². The van der Waals surface area contributed by atoms with Crippen LogP contribution in [0.5, 0.6) is 0 Å². The fraction of sp³-hybridized carbons (Fsp3) is 0.276. The van der Waals surface area contributed by atoms with Crippen molar-refractivity contribution in [3.8, 4) is 0 Å². The molecule has 4 nitrogen and oxygen atoms in total. The molecule has 0 bridgehead atoms. The fourth-order valence-corrected chi connectivity index (χ4v) is 5.32. The number of hydrogen-bond acceptors (Lipinski definition) is 2. The quantitative estimate of drug-likeness (QED) is 0.343. The lowest BCUT2D eigenvalue weighted by Crippen LogP contribution is -2.50. The molecule has 1 amide bonds. The number of hydrogen-bond donors (Lipinski definition) is 2. The number of aromatic nitrogens is 1. The van der Waals surface area contributed by atoms with Crippen molar-refractivity contribution in [2.75, 3.05) is 11.4 Å². The summed E-state index contributed by atoms with van der Waals surface area (Å²) in [6.45, 7) is 5.50. The molecule has 2 heterocycles. The Labute approximate surface area is 205 Å². The third kappa shape index (κ3) is 4.36. The molecule has 2 unspecified atom stereocenters. The predicted molar refractivity (Wildman–Crippen MR) is 141 cm³/mol. The van der Waals surface area contributed by atoms with Gasteiger partial charge in [0.1, 0.15) is 0 Å². The van der Waals surface area contributed by atoms with Gasteiger partial charge in [-0.1, -0.05) is 72.6 Å². The Bertz CT molecular complexity index is 1330. The Balaban J connectivity index is 1.50. The molecular formula is C29H30ClN3O. The summed E-state index contributed by atoms with van der Waals surface area (Å²) in [5, 5.41) is 5.44. The molecule has 2 atom stereocenters. The Hall–Kier alpha value is -3.08. The van der Waals surface area contributed by atoms with E-state index in [9.17, 15) is 4.79 Å². The van der Waals surface area contributed by atoms with Gasteiger partial charge in [0.05, 0.1) is 6.04 Å². The van der Waals surface area contributed by atoms with Crippen LogP contribution in [-0.2, 0) is 17.8 Å². The SMILES string of the molecule is Cc1ccc2c(c1)CCCN2C(=O)C(NCc1ccccc1Cl)C(C)c1c[nH]c2ccccc12. The zero-order chi connectivity index (χ0) is 23.7. The van der Waals surface area contributed by atoms with Crippen molar-refractivity contribution >= 4 is 34.1 Å². The van der Waals surface area contributed by atoms with Crippen molar-refractivity contribution in [2.24, 2.45) is 0 Å². The molecule has 0 radical (unpaired) electrons. The first-order valence-electron chi connectivity index (χ1n) is 12.0. The van der Waals surface area contributed by atoms with E-state index in [4.69, 9.17) is 11.6 Å². The van der Waals surface area contributed by atoms with Gasteiger partial charge in [-0.25, -0.2) is 0 Å².